The van der Waals surface area contributed by atoms with E-state index in [0.717, 1.165) is 16.5 Å². The minimum atomic E-state index is -1.51. The van der Waals surface area contributed by atoms with Crippen LogP contribution < -0.4 is 5.32 Å². The maximum atomic E-state index is 11.3. The van der Waals surface area contributed by atoms with Crippen LogP contribution in [0.5, 0.6) is 0 Å². The number of aromatic nitrogens is 1. The van der Waals surface area contributed by atoms with E-state index in [1.807, 2.05) is 24.3 Å². The smallest absolute Gasteiger partial charge is 0.326 e. The zero-order chi connectivity index (χ0) is 14.7. The van der Waals surface area contributed by atoms with Gasteiger partial charge in [0.25, 0.3) is 0 Å². The summed E-state index contributed by atoms with van der Waals surface area (Å²) < 4.78 is 7.05. The van der Waals surface area contributed by atoms with E-state index in [4.69, 9.17) is 18.1 Å². The number of H-pyrrole nitrogens is 1. The number of nitrogens with one attached hydrogen (secondary N) is 2. The van der Waals surface area contributed by atoms with E-state index in [9.17, 15) is 9.59 Å². The van der Waals surface area contributed by atoms with E-state index in [2.05, 4.69) is 10.3 Å². The molecule has 0 aliphatic rings. The number of carboxylic acid groups (broad SMARTS) is 1. The Bertz CT molecular complexity index is 641. The molecule has 19 heavy (non-hydrogen) atoms. The van der Waals surface area contributed by atoms with Crippen molar-refractivity contribution in [3.05, 3.63) is 36.0 Å². The molecule has 1 amide bonds. The molecule has 0 saturated heterocycles. The molecule has 0 aliphatic heterocycles. The van der Waals surface area contributed by atoms with E-state index in [-0.39, 0.29) is 6.42 Å². The lowest BCUT2D eigenvalue weighted by molar-refractivity contribution is -0.141. The molecule has 1 heterocycles. The second-order valence-electron chi connectivity index (χ2n) is 4.07. The van der Waals surface area contributed by atoms with Gasteiger partial charge in [0.2, 0.25) is 5.91 Å². The first kappa shape index (κ1) is 12.0. The monoisotopic (exact) mass is 281 g/mol. The molecule has 0 aliphatic carbocycles. The van der Waals surface area contributed by atoms with Crippen LogP contribution in [0.4, 0.5) is 0 Å². The number of halogens is 1. The second kappa shape index (κ2) is 5.75. The fourth-order valence-electron chi connectivity index (χ4n) is 1.92. The Hall–Kier alpha value is -2.01. The summed E-state index contributed by atoms with van der Waals surface area (Å²) in [5, 5.41) is 12.3. The van der Waals surface area contributed by atoms with Gasteiger partial charge in [-0.15, -0.1) is 11.6 Å². The van der Waals surface area contributed by atoms with Crippen LogP contribution in [0.1, 0.15) is 6.93 Å². The SMILES string of the molecule is [2H]C(Cl)C(=O)N[C@@H](Cc1c[nH]c2ccccc12)C(=O)O. The molecule has 6 heteroatoms. The number of fused-ring (bicyclic) bond motifs is 1. The molecular weight excluding hydrogens is 268 g/mol. The van der Waals surface area contributed by atoms with Gasteiger partial charge < -0.3 is 15.4 Å². The summed E-state index contributed by atoms with van der Waals surface area (Å²) in [7, 11) is 0. The number of rotatable bonds is 5. The Kier molecular flexibility index (Phi) is 3.65. The van der Waals surface area contributed by atoms with Gasteiger partial charge in [0.05, 0.1) is 1.37 Å². The maximum absolute atomic E-state index is 11.3. The fourth-order valence-corrected chi connectivity index (χ4v) is 1.99. The Morgan fingerprint density at radius 1 is 1.47 bits per heavy atom. The highest BCUT2D eigenvalue weighted by Crippen LogP contribution is 2.19. The Balaban J connectivity index is 2.20. The van der Waals surface area contributed by atoms with Crippen molar-refractivity contribution in [1.29, 1.82) is 0 Å². The molecule has 1 aromatic carbocycles. The van der Waals surface area contributed by atoms with Gasteiger partial charge in [-0.3, -0.25) is 4.79 Å². The number of benzene rings is 1. The highest BCUT2D eigenvalue weighted by molar-refractivity contribution is 6.27. The molecule has 2 rings (SSSR count). The molecule has 0 saturated carbocycles. The molecule has 2 atom stereocenters. The first-order chi connectivity index (χ1) is 9.49. The van der Waals surface area contributed by atoms with Gasteiger partial charge in [0.1, 0.15) is 11.9 Å². The third kappa shape index (κ3) is 3.06. The highest BCUT2D eigenvalue weighted by Gasteiger charge is 2.21. The Morgan fingerprint density at radius 2 is 2.21 bits per heavy atom. The first-order valence-electron chi connectivity index (χ1n) is 6.21. The topological polar surface area (TPSA) is 82.2 Å². The number of carbonyl (C=O) groups excluding carboxylic acids is 1. The molecule has 1 aromatic heterocycles. The zero-order valence-corrected chi connectivity index (χ0v) is 10.6. The van der Waals surface area contributed by atoms with Gasteiger partial charge in [-0.1, -0.05) is 18.2 Å². The molecule has 0 spiro atoms. The van der Waals surface area contributed by atoms with E-state index < -0.39 is 23.8 Å². The lowest BCUT2D eigenvalue weighted by Gasteiger charge is -2.13. The van der Waals surface area contributed by atoms with Crippen molar-refractivity contribution in [3.8, 4) is 0 Å². The molecular formula is C13H13ClN2O3. The Morgan fingerprint density at radius 3 is 2.89 bits per heavy atom. The van der Waals surface area contributed by atoms with E-state index in [1.165, 1.54) is 0 Å². The van der Waals surface area contributed by atoms with Crippen LogP contribution in [0.2, 0.25) is 0 Å². The third-order valence-corrected chi connectivity index (χ3v) is 3.01. The number of amides is 1. The minimum absolute atomic E-state index is 0.120. The van der Waals surface area contributed by atoms with Gasteiger partial charge in [0.15, 0.2) is 0 Å². The van der Waals surface area contributed by atoms with E-state index >= 15 is 0 Å². The summed E-state index contributed by atoms with van der Waals surface area (Å²) >= 11 is 5.31. The van der Waals surface area contributed by atoms with Crippen molar-refractivity contribution in [1.82, 2.24) is 10.3 Å². The summed E-state index contributed by atoms with van der Waals surface area (Å²) in [6, 6.07) is 6.36. The zero-order valence-electron chi connectivity index (χ0n) is 10.9. The second-order valence-corrected chi connectivity index (χ2v) is 4.29. The number of alkyl halides is 1. The standard InChI is InChI=1S/C13H13ClN2O3/c14-6-12(17)16-11(13(18)19)5-8-7-15-10-4-2-1-3-9(8)10/h1-4,7,11,15H,5-6H2,(H,16,17)(H,18,19)/t11-/m0/s1/i6D/t6?,11-. The molecule has 1 unspecified atom stereocenters. The van der Waals surface area contributed by atoms with Gasteiger partial charge >= 0.3 is 5.97 Å². The minimum Gasteiger partial charge on any atom is -0.480 e. The maximum Gasteiger partial charge on any atom is 0.326 e. The van der Waals surface area contributed by atoms with Crippen molar-refractivity contribution in [2.75, 3.05) is 5.86 Å². The van der Waals surface area contributed by atoms with Crippen molar-refractivity contribution >= 4 is 34.4 Å². The molecule has 3 N–H and O–H groups in total. The van der Waals surface area contributed by atoms with Crippen molar-refractivity contribution < 1.29 is 16.1 Å². The largest absolute Gasteiger partial charge is 0.480 e. The third-order valence-electron chi connectivity index (χ3n) is 2.81. The molecule has 2 aromatic rings. The van der Waals surface area contributed by atoms with Crippen molar-refractivity contribution in [2.24, 2.45) is 0 Å². The van der Waals surface area contributed by atoms with Gasteiger partial charge in [-0.25, -0.2) is 4.79 Å². The number of carboxylic acids is 1. The number of aromatic amines is 1. The lowest BCUT2D eigenvalue weighted by Crippen LogP contribution is -2.42. The molecule has 5 nitrogen and oxygen atoms in total. The molecule has 0 bridgehead atoms. The van der Waals surface area contributed by atoms with Crippen LogP contribution in [-0.4, -0.2) is 33.9 Å². The highest BCUT2D eigenvalue weighted by atomic mass is 35.5. The summed E-state index contributed by atoms with van der Waals surface area (Å²) in [6.45, 7) is 0. The number of hydrogen-bond acceptors (Lipinski definition) is 2. The number of para-hydroxylation sites is 1. The summed E-state index contributed by atoms with van der Waals surface area (Å²) in [5.74, 6) is -3.50. The summed E-state index contributed by atoms with van der Waals surface area (Å²) in [5.41, 5.74) is 1.68. The van der Waals surface area contributed by atoms with Crippen LogP contribution in [0.25, 0.3) is 10.9 Å². The van der Waals surface area contributed by atoms with Crippen molar-refractivity contribution in [3.63, 3.8) is 0 Å². The van der Waals surface area contributed by atoms with Crippen LogP contribution in [0, 0.1) is 0 Å². The quantitative estimate of drug-likeness (QED) is 0.727. The fraction of sp³-hybridized carbons (Fsp3) is 0.231. The van der Waals surface area contributed by atoms with Crippen molar-refractivity contribution in [2.45, 2.75) is 12.5 Å². The lowest BCUT2D eigenvalue weighted by atomic mass is 10.1. The van der Waals surface area contributed by atoms with Crippen LogP contribution >= 0.6 is 11.6 Å². The average molecular weight is 282 g/mol. The van der Waals surface area contributed by atoms with Crippen LogP contribution in [0.3, 0.4) is 0 Å². The summed E-state index contributed by atoms with van der Waals surface area (Å²) in [4.78, 5) is 25.6. The van der Waals surface area contributed by atoms with E-state index in [0.29, 0.717) is 0 Å². The molecule has 0 fully saturated rings. The van der Waals surface area contributed by atoms with Crippen LogP contribution in [-0.2, 0) is 16.0 Å². The average Bonchev–Trinajstić information content (AvgIpc) is 2.81. The first-order valence-corrected chi connectivity index (χ1v) is 6.07. The van der Waals surface area contributed by atoms with Gasteiger partial charge in [-0.05, 0) is 11.6 Å². The predicted molar refractivity (Wildman–Crippen MR) is 72.3 cm³/mol. The molecule has 100 valence electrons. The van der Waals surface area contributed by atoms with Gasteiger partial charge in [-0.2, -0.15) is 0 Å². The van der Waals surface area contributed by atoms with E-state index in [1.54, 1.807) is 6.20 Å². The number of hydrogen-bond donors (Lipinski definition) is 3. The Labute approximate surface area is 116 Å². The molecule has 0 radical (unpaired) electrons. The van der Waals surface area contributed by atoms with Crippen LogP contribution in [0.15, 0.2) is 30.5 Å². The number of aliphatic carboxylic acids is 1. The normalized spacial score (nSPS) is 14.7. The summed E-state index contributed by atoms with van der Waals surface area (Å²) in [6.07, 6.45) is 1.83. The predicted octanol–water partition coefficient (Wildman–Crippen LogP) is 1.52. The number of carbonyl (C=O) groups is 2. The van der Waals surface area contributed by atoms with Gasteiger partial charge in [0, 0.05) is 23.5 Å².